The van der Waals surface area contributed by atoms with Gasteiger partial charge in [0.2, 0.25) is 0 Å². The minimum absolute atomic E-state index is 0.0762. The monoisotopic (exact) mass is 495 g/mol. The highest BCUT2D eigenvalue weighted by Gasteiger charge is 2.28. The van der Waals surface area contributed by atoms with Gasteiger partial charge in [-0.3, -0.25) is 4.79 Å². The Bertz CT molecular complexity index is 1350. The van der Waals surface area contributed by atoms with Crippen LogP contribution in [0, 0.1) is 6.92 Å². The molecule has 1 aliphatic heterocycles. The van der Waals surface area contributed by atoms with Crippen molar-refractivity contribution in [3.8, 4) is 5.69 Å². The summed E-state index contributed by atoms with van der Waals surface area (Å²) < 4.78 is 2.08. The van der Waals surface area contributed by atoms with E-state index >= 15 is 0 Å². The van der Waals surface area contributed by atoms with Gasteiger partial charge in [-0.2, -0.15) is 5.10 Å². The van der Waals surface area contributed by atoms with Gasteiger partial charge in [0.15, 0.2) is 0 Å². The Morgan fingerprint density at radius 1 is 0.892 bits per heavy atom. The Hall–Kier alpha value is -3.64. The first-order chi connectivity index (χ1) is 18.1. The molecular formula is C31H37N5O. The number of benzene rings is 3. The van der Waals surface area contributed by atoms with Gasteiger partial charge in [0.25, 0.3) is 5.91 Å². The molecule has 192 valence electrons. The van der Waals surface area contributed by atoms with Crippen LogP contribution in [-0.4, -0.2) is 64.8 Å². The zero-order valence-corrected chi connectivity index (χ0v) is 22.2. The van der Waals surface area contributed by atoms with Crippen molar-refractivity contribution in [3.05, 3.63) is 89.6 Å². The van der Waals surface area contributed by atoms with Gasteiger partial charge in [-0.05, 0) is 48.9 Å². The smallest absolute Gasteiger partial charge is 0.254 e. The number of aromatic nitrogens is 2. The highest BCUT2D eigenvalue weighted by atomic mass is 16.2. The Balaban J connectivity index is 1.54. The average Bonchev–Trinajstić information content (AvgIpc) is 3.28. The second kappa shape index (κ2) is 11.2. The first-order valence-corrected chi connectivity index (χ1v) is 13.5. The number of hydrogen-bond donors (Lipinski definition) is 0. The van der Waals surface area contributed by atoms with Crippen molar-refractivity contribution in [2.24, 2.45) is 0 Å². The van der Waals surface area contributed by atoms with Crippen LogP contribution in [0.4, 0.5) is 5.82 Å². The molecule has 6 nitrogen and oxygen atoms in total. The Labute approximate surface area is 220 Å². The van der Waals surface area contributed by atoms with E-state index in [1.807, 2.05) is 41.3 Å². The van der Waals surface area contributed by atoms with Crippen molar-refractivity contribution in [1.29, 1.82) is 0 Å². The van der Waals surface area contributed by atoms with Crippen LogP contribution in [0.2, 0.25) is 0 Å². The number of piperazine rings is 1. The van der Waals surface area contributed by atoms with E-state index < -0.39 is 0 Å². The molecule has 0 atom stereocenters. The molecule has 6 heteroatoms. The molecule has 1 amide bonds. The van der Waals surface area contributed by atoms with Crippen molar-refractivity contribution in [1.82, 2.24) is 19.6 Å². The van der Waals surface area contributed by atoms with Crippen LogP contribution in [0.1, 0.15) is 41.9 Å². The summed E-state index contributed by atoms with van der Waals surface area (Å²) in [5.41, 5.74) is 3.92. The van der Waals surface area contributed by atoms with Gasteiger partial charge in [0.05, 0.1) is 17.9 Å². The van der Waals surface area contributed by atoms with Gasteiger partial charge in [0.1, 0.15) is 5.82 Å². The SMILES string of the molecule is CCCN(Cc1c(C)nn(-c2ccccc2)c1N1CCN(CC)CC1)C(=O)c1cccc2ccccc12. The summed E-state index contributed by atoms with van der Waals surface area (Å²) in [5.74, 6) is 1.19. The summed E-state index contributed by atoms with van der Waals surface area (Å²) in [6, 6.07) is 24.5. The van der Waals surface area contributed by atoms with Gasteiger partial charge in [0, 0.05) is 43.9 Å². The predicted molar refractivity (Wildman–Crippen MR) is 152 cm³/mol. The average molecular weight is 496 g/mol. The lowest BCUT2D eigenvalue weighted by Crippen LogP contribution is -2.47. The van der Waals surface area contributed by atoms with Crippen molar-refractivity contribution in [3.63, 3.8) is 0 Å². The number of para-hydroxylation sites is 1. The molecule has 0 radical (unpaired) electrons. The third-order valence-electron chi connectivity index (χ3n) is 7.43. The molecule has 0 unspecified atom stereocenters. The molecule has 1 aliphatic rings. The van der Waals surface area contributed by atoms with E-state index in [4.69, 9.17) is 5.10 Å². The molecule has 1 fully saturated rings. The van der Waals surface area contributed by atoms with Crippen LogP contribution >= 0.6 is 0 Å². The minimum Gasteiger partial charge on any atom is -0.354 e. The van der Waals surface area contributed by atoms with Crippen LogP contribution in [-0.2, 0) is 6.54 Å². The molecular weight excluding hydrogens is 458 g/mol. The fraction of sp³-hybridized carbons (Fsp3) is 0.355. The molecule has 0 saturated carbocycles. The summed E-state index contributed by atoms with van der Waals surface area (Å²) in [4.78, 5) is 20.9. The van der Waals surface area contributed by atoms with Gasteiger partial charge in [-0.15, -0.1) is 0 Å². The number of carbonyl (C=O) groups excluding carboxylic acids is 1. The number of nitrogens with zero attached hydrogens (tertiary/aromatic N) is 5. The Morgan fingerprint density at radius 2 is 1.59 bits per heavy atom. The van der Waals surface area contributed by atoms with E-state index in [-0.39, 0.29) is 5.91 Å². The summed E-state index contributed by atoms with van der Waals surface area (Å²) >= 11 is 0. The number of hydrogen-bond acceptors (Lipinski definition) is 4. The molecule has 2 heterocycles. The van der Waals surface area contributed by atoms with Crippen molar-refractivity contribution < 1.29 is 4.79 Å². The molecule has 0 spiro atoms. The number of rotatable bonds is 8. The van der Waals surface area contributed by atoms with Crippen LogP contribution in [0.25, 0.3) is 16.5 Å². The van der Waals surface area contributed by atoms with Crippen LogP contribution < -0.4 is 4.90 Å². The number of aryl methyl sites for hydroxylation is 1. The predicted octanol–water partition coefficient (Wildman–Crippen LogP) is 5.53. The third-order valence-corrected chi connectivity index (χ3v) is 7.43. The molecule has 37 heavy (non-hydrogen) atoms. The maximum absolute atomic E-state index is 14.0. The highest BCUT2D eigenvalue weighted by Crippen LogP contribution is 2.31. The molecule has 0 N–H and O–H groups in total. The number of likely N-dealkylation sites (N-methyl/N-ethyl adjacent to an activating group) is 1. The number of carbonyl (C=O) groups is 1. The molecule has 1 saturated heterocycles. The number of anilines is 1. The van der Waals surface area contributed by atoms with E-state index in [1.165, 1.54) is 0 Å². The quantitative estimate of drug-likeness (QED) is 0.323. The second-order valence-electron chi connectivity index (χ2n) is 9.81. The molecule has 1 aromatic heterocycles. The number of amides is 1. The maximum Gasteiger partial charge on any atom is 0.254 e. The number of fused-ring (bicyclic) bond motifs is 1. The second-order valence-corrected chi connectivity index (χ2v) is 9.81. The summed E-state index contributed by atoms with van der Waals surface area (Å²) in [6.45, 7) is 12.7. The van der Waals surface area contributed by atoms with E-state index in [1.54, 1.807) is 0 Å². The molecule has 3 aromatic carbocycles. The fourth-order valence-corrected chi connectivity index (χ4v) is 5.38. The zero-order valence-electron chi connectivity index (χ0n) is 22.2. The lowest BCUT2D eigenvalue weighted by Gasteiger charge is -2.36. The van der Waals surface area contributed by atoms with Crippen LogP contribution in [0.3, 0.4) is 0 Å². The molecule has 4 aromatic rings. The van der Waals surface area contributed by atoms with Crippen LogP contribution in [0.15, 0.2) is 72.8 Å². The third kappa shape index (κ3) is 5.12. The normalized spacial score (nSPS) is 14.3. The van der Waals surface area contributed by atoms with Crippen molar-refractivity contribution >= 4 is 22.5 Å². The van der Waals surface area contributed by atoms with E-state index in [9.17, 15) is 4.79 Å². The molecule has 5 rings (SSSR count). The molecule has 0 bridgehead atoms. The minimum atomic E-state index is 0.0762. The van der Waals surface area contributed by atoms with Gasteiger partial charge < -0.3 is 14.7 Å². The maximum atomic E-state index is 14.0. The van der Waals surface area contributed by atoms with Crippen molar-refractivity contribution in [2.45, 2.75) is 33.7 Å². The highest BCUT2D eigenvalue weighted by molar-refractivity contribution is 6.07. The van der Waals surface area contributed by atoms with E-state index in [2.05, 4.69) is 71.7 Å². The Morgan fingerprint density at radius 3 is 2.32 bits per heavy atom. The Kier molecular flexibility index (Phi) is 7.56. The lowest BCUT2D eigenvalue weighted by atomic mass is 10.0. The fourth-order valence-electron chi connectivity index (χ4n) is 5.38. The van der Waals surface area contributed by atoms with Gasteiger partial charge in [-0.1, -0.05) is 68.4 Å². The summed E-state index contributed by atoms with van der Waals surface area (Å²) in [6.07, 6.45) is 0.896. The molecule has 0 aliphatic carbocycles. The first-order valence-electron chi connectivity index (χ1n) is 13.5. The largest absolute Gasteiger partial charge is 0.354 e. The topological polar surface area (TPSA) is 44.6 Å². The van der Waals surface area contributed by atoms with E-state index in [0.717, 1.165) is 78.2 Å². The first kappa shape index (κ1) is 25.0. The summed E-state index contributed by atoms with van der Waals surface area (Å²) in [7, 11) is 0. The standard InChI is InChI=1S/C31H37N5O/c1-4-18-35(31(37)28-17-11-13-25-12-9-10-16-27(25)28)23-29-24(3)32-36(26-14-7-6-8-15-26)30(29)34-21-19-33(5-2)20-22-34/h6-17H,4-5,18-23H2,1-3H3. The van der Waals surface area contributed by atoms with E-state index in [0.29, 0.717) is 13.1 Å². The van der Waals surface area contributed by atoms with Crippen LogP contribution in [0.5, 0.6) is 0 Å². The van der Waals surface area contributed by atoms with Crippen molar-refractivity contribution in [2.75, 3.05) is 44.2 Å². The van der Waals surface area contributed by atoms with Gasteiger partial charge >= 0.3 is 0 Å². The zero-order chi connectivity index (χ0) is 25.8. The lowest BCUT2D eigenvalue weighted by molar-refractivity contribution is 0.0745. The van der Waals surface area contributed by atoms with Gasteiger partial charge in [-0.25, -0.2) is 4.68 Å². The summed E-state index contributed by atoms with van der Waals surface area (Å²) in [5, 5.41) is 7.11.